The number of rotatable bonds is 3. The lowest BCUT2D eigenvalue weighted by atomic mass is 10.1. The van der Waals surface area contributed by atoms with Crippen LogP contribution < -0.4 is 10.2 Å². The predicted octanol–water partition coefficient (Wildman–Crippen LogP) is 3.82. The first kappa shape index (κ1) is 20.8. The SMILES string of the molecule is CC.CC.CCc1ncccc1-c1cnn2ccc(N3CCNCC3)nc12. The Morgan fingerprint density at radius 1 is 1.04 bits per heavy atom. The van der Waals surface area contributed by atoms with Gasteiger partial charge in [0.2, 0.25) is 0 Å². The van der Waals surface area contributed by atoms with E-state index < -0.39 is 0 Å². The molecular formula is C21H32N6. The van der Waals surface area contributed by atoms with Crippen LogP contribution in [0.3, 0.4) is 0 Å². The van der Waals surface area contributed by atoms with Gasteiger partial charge >= 0.3 is 0 Å². The minimum Gasteiger partial charge on any atom is -0.354 e. The van der Waals surface area contributed by atoms with Gasteiger partial charge in [-0.15, -0.1) is 0 Å². The van der Waals surface area contributed by atoms with Crippen molar-refractivity contribution in [2.45, 2.75) is 41.0 Å². The van der Waals surface area contributed by atoms with Crippen LogP contribution >= 0.6 is 0 Å². The van der Waals surface area contributed by atoms with Crippen molar-refractivity contribution in [3.63, 3.8) is 0 Å². The number of pyridine rings is 1. The van der Waals surface area contributed by atoms with Gasteiger partial charge < -0.3 is 10.2 Å². The third kappa shape index (κ3) is 4.63. The highest BCUT2D eigenvalue weighted by atomic mass is 15.3. The molecule has 0 aliphatic carbocycles. The largest absolute Gasteiger partial charge is 0.354 e. The lowest BCUT2D eigenvalue weighted by molar-refractivity contribution is 0.585. The summed E-state index contributed by atoms with van der Waals surface area (Å²) in [4.78, 5) is 11.7. The standard InChI is InChI=1S/C17H20N6.2C2H6/c1-2-15-13(4-3-6-19-15)14-12-20-23-9-5-16(21-17(14)23)22-10-7-18-8-11-22;2*1-2/h3-6,9,12,18H,2,7-8,10-11H2,1H3;2*1-2H3. The Bertz CT molecular complexity index is 820. The monoisotopic (exact) mass is 368 g/mol. The molecule has 6 nitrogen and oxygen atoms in total. The van der Waals surface area contributed by atoms with Crippen LogP contribution in [0.15, 0.2) is 36.8 Å². The molecule has 3 aromatic heterocycles. The average molecular weight is 369 g/mol. The fourth-order valence-corrected chi connectivity index (χ4v) is 3.08. The fourth-order valence-electron chi connectivity index (χ4n) is 3.08. The van der Waals surface area contributed by atoms with E-state index in [-0.39, 0.29) is 0 Å². The smallest absolute Gasteiger partial charge is 0.165 e. The summed E-state index contributed by atoms with van der Waals surface area (Å²) in [7, 11) is 0. The Hall–Kier alpha value is -2.47. The third-order valence-corrected chi connectivity index (χ3v) is 4.31. The van der Waals surface area contributed by atoms with Crippen LogP contribution in [-0.2, 0) is 6.42 Å². The molecule has 0 bridgehead atoms. The van der Waals surface area contributed by atoms with E-state index >= 15 is 0 Å². The number of nitrogens with one attached hydrogen (secondary N) is 1. The maximum absolute atomic E-state index is 4.88. The summed E-state index contributed by atoms with van der Waals surface area (Å²) in [6.07, 6.45) is 6.61. The topological polar surface area (TPSA) is 58.4 Å². The van der Waals surface area contributed by atoms with E-state index in [9.17, 15) is 0 Å². The van der Waals surface area contributed by atoms with E-state index in [4.69, 9.17) is 4.98 Å². The normalized spacial score (nSPS) is 13.4. The van der Waals surface area contributed by atoms with Gasteiger partial charge in [0.05, 0.1) is 6.20 Å². The number of hydrogen-bond donors (Lipinski definition) is 1. The molecule has 0 aromatic carbocycles. The molecule has 1 aliphatic rings. The zero-order chi connectivity index (χ0) is 19.6. The van der Waals surface area contributed by atoms with Crippen LogP contribution in [0.2, 0.25) is 0 Å². The zero-order valence-electron chi connectivity index (χ0n) is 17.2. The first-order valence-corrected chi connectivity index (χ1v) is 10.1. The molecule has 6 heteroatoms. The molecule has 27 heavy (non-hydrogen) atoms. The second kappa shape index (κ2) is 10.6. The lowest BCUT2D eigenvalue weighted by Gasteiger charge is -2.28. The molecule has 0 saturated carbocycles. The van der Waals surface area contributed by atoms with Crippen molar-refractivity contribution < 1.29 is 0 Å². The maximum atomic E-state index is 4.88. The number of nitrogens with zero attached hydrogens (tertiary/aromatic N) is 5. The van der Waals surface area contributed by atoms with Gasteiger partial charge in [-0.2, -0.15) is 5.10 Å². The second-order valence-electron chi connectivity index (χ2n) is 5.70. The Labute approximate surface area is 162 Å². The number of aryl methyl sites for hydroxylation is 1. The molecule has 0 unspecified atom stereocenters. The molecule has 0 spiro atoms. The second-order valence-corrected chi connectivity index (χ2v) is 5.70. The Morgan fingerprint density at radius 2 is 1.78 bits per heavy atom. The van der Waals surface area contributed by atoms with Crippen molar-refractivity contribution >= 4 is 11.5 Å². The van der Waals surface area contributed by atoms with Gasteiger partial charge in [0.1, 0.15) is 5.82 Å². The van der Waals surface area contributed by atoms with Crippen LogP contribution in [0.25, 0.3) is 16.8 Å². The quantitative estimate of drug-likeness (QED) is 0.762. The van der Waals surface area contributed by atoms with E-state index in [0.29, 0.717) is 0 Å². The van der Waals surface area contributed by atoms with Crippen LogP contribution in [-0.4, -0.2) is 45.8 Å². The lowest BCUT2D eigenvalue weighted by Crippen LogP contribution is -2.43. The Balaban J connectivity index is 0.000000614. The minimum atomic E-state index is 0.892. The van der Waals surface area contributed by atoms with Crippen molar-refractivity contribution in [1.29, 1.82) is 0 Å². The van der Waals surface area contributed by atoms with Crippen LogP contribution in [0.5, 0.6) is 0 Å². The summed E-state index contributed by atoms with van der Waals surface area (Å²) in [6.45, 7) is 14.1. The molecule has 4 rings (SSSR count). The van der Waals surface area contributed by atoms with Gasteiger partial charge in [-0.05, 0) is 18.6 Å². The summed E-state index contributed by atoms with van der Waals surface area (Å²) in [5.74, 6) is 1.02. The highest BCUT2D eigenvalue weighted by Gasteiger charge is 2.16. The molecule has 1 aliphatic heterocycles. The maximum Gasteiger partial charge on any atom is 0.165 e. The van der Waals surface area contributed by atoms with Crippen LogP contribution in [0, 0.1) is 0 Å². The van der Waals surface area contributed by atoms with E-state index in [0.717, 1.165) is 60.9 Å². The molecular weight excluding hydrogens is 336 g/mol. The van der Waals surface area contributed by atoms with Crippen molar-refractivity contribution in [2.24, 2.45) is 0 Å². The molecule has 146 valence electrons. The van der Waals surface area contributed by atoms with Crippen molar-refractivity contribution in [1.82, 2.24) is 24.9 Å². The van der Waals surface area contributed by atoms with E-state index in [1.807, 2.05) is 62.9 Å². The number of hydrogen-bond acceptors (Lipinski definition) is 5. The highest BCUT2D eigenvalue weighted by molar-refractivity contribution is 5.79. The zero-order valence-corrected chi connectivity index (χ0v) is 17.2. The molecule has 0 radical (unpaired) electrons. The highest BCUT2D eigenvalue weighted by Crippen LogP contribution is 2.27. The number of aromatic nitrogens is 4. The molecule has 1 fully saturated rings. The average Bonchev–Trinajstić information content (AvgIpc) is 3.20. The van der Waals surface area contributed by atoms with Gasteiger partial charge in [0.15, 0.2) is 5.65 Å². The van der Waals surface area contributed by atoms with Crippen molar-refractivity contribution in [3.05, 3.63) is 42.5 Å². The first-order valence-electron chi connectivity index (χ1n) is 10.1. The number of anilines is 1. The number of piperazine rings is 1. The van der Waals surface area contributed by atoms with E-state index in [2.05, 4.69) is 33.3 Å². The summed E-state index contributed by atoms with van der Waals surface area (Å²) >= 11 is 0. The summed E-state index contributed by atoms with van der Waals surface area (Å²) < 4.78 is 1.84. The molecule has 3 aromatic rings. The van der Waals surface area contributed by atoms with Crippen molar-refractivity contribution in [3.8, 4) is 11.1 Å². The minimum absolute atomic E-state index is 0.892. The van der Waals surface area contributed by atoms with Gasteiger partial charge in [-0.1, -0.05) is 40.7 Å². The summed E-state index contributed by atoms with van der Waals surface area (Å²) in [5, 5.41) is 7.83. The summed E-state index contributed by atoms with van der Waals surface area (Å²) in [5.41, 5.74) is 4.14. The van der Waals surface area contributed by atoms with Crippen LogP contribution in [0.1, 0.15) is 40.3 Å². The molecule has 4 heterocycles. The van der Waals surface area contributed by atoms with Gasteiger partial charge in [0, 0.05) is 55.4 Å². The number of fused-ring (bicyclic) bond motifs is 1. The fraction of sp³-hybridized carbons (Fsp3) is 0.476. The molecule has 1 N–H and O–H groups in total. The van der Waals surface area contributed by atoms with Gasteiger partial charge in [0.25, 0.3) is 0 Å². The Morgan fingerprint density at radius 3 is 2.48 bits per heavy atom. The van der Waals surface area contributed by atoms with E-state index in [1.165, 1.54) is 0 Å². The Kier molecular flexibility index (Phi) is 8.20. The van der Waals surface area contributed by atoms with E-state index in [1.54, 1.807) is 0 Å². The predicted molar refractivity (Wildman–Crippen MR) is 113 cm³/mol. The van der Waals surface area contributed by atoms with Gasteiger partial charge in [-0.3, -0.25) is 4.98 Å². The first-order chi connectivity index (χ1) is 13.4. The van der Waals surface area contributed by atoms with Crippen LogP contribution in [0.4, 0.5) is 5.82 Å². The molecule has 0 amide bonds. The summed E-state index contributed by atoms with van der Waals surface area (Å²) in [6, 6.07) is 6.11. The molecule has 1 saturated heterocycles. The van der Waals surface area contributed by atoms with Crippen molar-refractivity contribution in [2.75, 3.05) is 31.1 Å². The van der Waals surface area contributed by atoms with Gasteiger partial charge in [-0.25, -0.2) is 9.50 Å². The third-order valence-electron chi connectivity index (χ3n) is 4.31. The molecule has 0 atom stereocenters.